The Morgan fingerprint density at radius 3 is 1.79 bits per heavy atom. The van der Waals surface area contributed by atoms with Crippen LogP contribution in [0.1, 0.15) is 47.7 Å². The minimum atomic E-state index is -0.546. The first-order valence-electron chi connectivity index (χ1n) is 13.6. The molecule has 0 aliphatic rings. The molecule has 196 valence electrons. The molecule has 39 heavy (non-hydrogen) atoms. The van der Waals surface area contributed by atoms with Crippen molar-refractivity contribution < 1.29 is 9.53 Å². The van der Waals surface area contributed by atoms with Crippen LogP contribution in [0.4, 0.5) is 0 Å². The number of benzene rings is 4. The molecule has 1 heterocycles. The van der Waals surface area contributed by atoms with Gasteiger partial charge in [-0.1, -0.05) is 103 Å². The van der Waals surface area contributed by atoms with Crippen LogP contribution >= 0.6 is 0 Å². The van der Waals surface area contributed by atoms with E-state index in [9.17, 15) is 4.79 Å². The SMILES string of the molecule is CC(=O)CCc1ccc(OCCCc2cn(C(c3ccccc3)(c3ccccc3)c3ccccc3)cn2)cc1. The maximum atomic E-state index is 11.2. The van der Waals surface area contributed by atoms with Crippen molar-refractivity contribution in [1.29, 1.82) is 0 Å². The third kappa shape index (κ3) is 6.01. The second-order valence-corrected chi connectivity index (χ2v) is 9.88. The molecule has 1 aromatic heterocycles. The third-order valence-corrected chi connectivity index (χ3v) is 7.13. The summed E-state index contributed by atoms with van der Waals surface area (Å²) in [5.41, 5.74) is 5.19. The van der Waals surface area contributed by atoms with Crippen LogP contribution in [-0.4, -0.2) is 21.9 Å². The summed E-state index contributed by atoms with van der Waals surface area (Å²) in [5.74, 6) is 1.06. The van der Waals surface area contributed by atoms with E-state index in [1.807, 2.05) is 30.6 Å². The Morgan fingerprint density at radius 2 is 1.28 bits per heavy atom. The standard InChI is InChI=1S/C35H34N2O2/c1-28(38)19-20-29-21-23-34(24-22-29)39-25-11-18-33-26-37(27-36-33)35(30-12-5-2-6-13-30,31-14-7-3-8-15-31)32-16-9-4-10-17-32/h2-10,12-17,21-24,26-27H,11,18-20,25H2,1H3. The molecule has 0 aliphatic carbocycles. The Bertz CT molecular complexity index is 1360. The van der Waals surface area contributed by atoms with Gasteiger partial charge in [-0.05, 0) is 60.6 Å². The molecule has 0 unspecified atom stereocenters. The summed E-state index contributed by atoms with van der Waals surface area (Å²) < 4.78 is 8.24. The highest BCUT2D eigenvalue weighted by Crippen LogP contribution is 2.40. The van der Waals surface area contributed by atoms with Crippen molar-refractivity contribution in [3.05, 3.63) is 156 Å². The van der Waals surface area contributed by atoms with E-state index in [-0.39, 0.29) is 5.78 Å². The number of Topliss-reactive ketones (excluding diaryl/α,β-unsaturated/α-hetero) is 1. The van der Waals surface area contributed by atoms with Gasteiger partial charge in [-0.15, -0.1) is 0 Å². The molecule has 4 heteroatoms. The van der Waals surface area contributed by atoms with Crippen LogP contribution in [0.15, 0.2) is 128 Å². The predicted molar refractivity (Wildman–Crippen MR) is 156 cm³/mol. The number of aromatic nitrogens is 2. The number of imidazole rings is 1. The zero-order valence-electron chi connectivity index (χ0n) is 22.4. The smallest absolute Gasteiger partial charge is 0.130 e. The average molecular weight is 515 g/mol. The van der Waals surface area contributed by atoms with Gasteiger partial charge in [0.2, 0.25) is 0 Å². The first-order valence-corrected chi connectivity index (χ1v) is 13.6. The molecule has 0 radical (unpaired) electrons. The Balaban J connectivity index is 1.34. The summed E-state index contributed by atoms with van der Waals surface area (Å²) in [6.07, 6.45) is 7.16. The van der Waals surface area contributed by atoms with Gasteiger partial charge in [-0.25, -0.2) is 4.98 Å². The van der Waals surface area contributed by atoms with Gasteiger partial charge in [0.05, 0.1) is 18.6 Å². The molecular weight excluding hydrogens is 480 g/mol. The van der Waals surface area contributed by atoms with Crippen molar-refractivity contribution in [1.82, 2.24) is 9.55 Å². The average Bonchev–Trinajstić information content (AvgIpc) is 3.46. The van der Waals surface area contributed by atoms with E-state index in [0.29, 0.717) is 13.0 Å². The van der Waals surface area contributed by atoms with Crippen LogP contribution in [0, 0.1) is 0 Å². The van der Waals surface area contributed by atoms with Crippen molar-refractivity contribution in [2.45, 2.75) is 38.1 Å². The molecule has 4 aromatic carbocycles. The van der Waals surface area contributed by atoms with Gasteiger partial charge in [0.25, 0.3) is 0 Å². The fraction of sp³-hybridized carbons (Fsp3) is 0.200. The third-order valence-electron chi connectivity index (χ3n) is 7.13. The maximum absolute atomic E-state index is 11.2. The minimum Gasteiger partial charge on any atom is -0.494 e. The highest BCUT2D eigenvalue weighted by Gasteiger charge is 2.38. The number of hydrogen-bond acceptors (Lipinski definition) is 3. The van der Waals surface area contributed by atoms with Gasteiger partial charge >= 0.3 is 0 Å². The second-order valence-electron chi connectivity index (χ2n) is 9.88. The van der Waals surface area contributed by atoms with Crippen molar-refractivity contribution >= 4 is 5.78 Å². The molecule has 0 fully saturated rings. The highest BCUT2D eigenvalue weighted by atomic mass is 16.5. The van der Waals surface area contributed by atoms with Crippen molar-refractivity contribution in [3.63, 3.8) is 0 Å². The van der Waals surface area contributed by atoms with Crippen molar-refractivity contribution in [2.75, 3.05) is 6.61 Å². The summed E-state index contributed by atoms with van der Waals surface area (Å²) in [7, 11) is 0. The van der Waals surface area contributed by atoms with E-state index in [2.05, 4.69) is 102 Å². The zero-order valence-corrected chi connectivity index (χ0v) is 22.4. The number of carbonyl (C=O) groups is 1. The predicted octanol–water partition coefficient (Wildman–Crippen LogP) is 7.26. The van der Waals surface area contributed by atoms with Crippen LogP contribution in [0.25, 0.3) is 0 Å². The van der Waals surface area contributed by atoms with E-state index in [4.69, 9.17) is 9.72 Å². The Hall–Kier alpha value is -4.44. The first-order chi connectivity index (χ1) is 19.2. The number of ether oxygens (including phenoxy) is 1. The molecule has 0 saturated heterocycles. The molecule has 0 aliphatic heterocycles. The Kier molecular flexibility index (Phi) is 8.33. The van der Waals surface area contributed by atoms with E-state index >= 15 is 0 Å². The summed E-state index contributed by atoms with van der Waals surface area (Å²) >= 11 is 0. The molecule has 0 spiro atoms. The number of hydrogen-bond donors (Lipinski definition) is 0. The topological polar surface area (TPSA) is 44.1 Å². The second kappa shape index (κ2) is 12.4. The normalized spacial score (nSPS) is 11.3. The quantitative estimate of drug-likeness (QED) is 0.130. The van der Waals surface area contributed by atoms with Gasteiger partial charge in [0, 0.05) is 12.6 Å². The Labute approximate surface area is 230 Å². The van der Waals surface area contributed by atoms with Crippen molar-refractivity contribution in [3.8, 4) is 5.75 Å². The summed E-state index contributed by atoms with van der Waals surface area (Å²) in [4.78, 5) is 16.0. The minimum absolute atomic E-state index is 0.214. The number of carbonyl (C=O) groups excluding carboxylic acids is 1. The lowest BCUT2D eigenvalue weighted by Crippen LogP contribution is -2.36. The lowest BCUT2D eigenvalue weighted by molar-refractivity contribution is -0.116. The van der Waals surface area contributed by atoms with E-state index in [1.165, 1.54) is 16.7 Å². The summed E-state index contributed by atoms with van der Waals surface area (Å²) in [5, 5.41) is 0. The van der Waals surface area contributed by atoms with Gasteiger partial charge in [-0.2, -0.15) is 0 Å². The van der Waals surface area contributed by atoms with Gasteiger partial charge in [0.15, 0.2) is 0 Å². The monoisotopic (exact) mass is 514 g/mol. The van der Waals surface area contributed by atoms with E-state index in [1.54, 1.807) is 6.92 Å². The maximum Gasteiger partial charge on any atom is 0.130 e. The molecule has 0 saturated carbocycles. The Morgan fingerprint density at radius 1 is 0.744 bits per heavy atom. The largest absolute Gasteiger partial charge is 0.494 e. The van der Waals surface area contributed by atoms with Crippen LogP contribution in [0.2, 0.25) is 0 Å². The van der Waals surface area contributed by atoms with Gasteiger partial charge in [0.1, 0.15) is 17.1 Å². The van der Waals surface area contributed by atoms with E-state index in [0.717, 1.165) is 36.3 Å². The molecule has 0 N–H and O–H groups in total. The van der Waals surface area contributed by atoms with E-state index < -0.39 is 5.54 Å². The van der Waals surface area contributed by atoms with Gasteiger partial charge < -0.3 is 14.1 Å². The number of aryl methyl sites for hydroxylation is 2. The van der Waals surface area contributed by atoms with Crippen LogP contribution < -0.4 is 4.74 Å². The fourth-order valence-corrected chi connectivity index (χ4v) is 5.18. The zero-order chi connectivity index (χ0) is 26.9. The lowest BCUT2D eigenvalue weighted by Gasteiger charge is -2.37. The molecular formula is C35H34N2O2. The molecule has 5 aromatic rings. The molecule has 0 atom stereocenters. The first kappa shape index (κ1) is 26.2. The fourth-order valence-electron chi connectivity index (χ4n) is 5.18. The highest BCUT2D eigenvalue weighted by molar-refractivity contribution is 5.75. The van der Waals surface area contributed by atoms with Crippen LogP contribution in [0.3, 0.4) is 0 Å². The summed E-state index contributed by atoms with van der Waals surface area (Å²) in [6, 6.07) is 40.0. The molecule has 0 bridgehead atoms. The molecule has 5 rings (SSSR count). The van der Waals surface area contributed by atoms with Gasteiger partial charge in [-0.3, -0.25) is 0 Å². The molecule has 0 amide bonds. The molecule has 4 nitrogen and oxygen atoms in total. The number of ketones is 1. The summed E-state index contributed by atoms with van der Waals surface area (Å²) in [6.45, 7) is 2.24. The number of nitrogens with zero attached hydrogens (tertiary/aromatic N) is 2. The number of rotatable bonds is 12. The van der Waals surface area contributed by atoms with Crippen molar-refractivity contribution in [2.24, 2.45) is 0 Å². The van der Waals surface area contributed by atoms with Crippen LogP contribution in [0.5, 0.6) is 5.75 Å². The lowest BCUT2D eigenvalue weighted by atomic mass is 9.77. The van der Waals surface area contributed by atoms with Crippen LogP contribution in [-0.2, 0) is 23.2 Å².